The van der Waals surface area contributed by atoms with E-state index in [1.807, 2.05) is 73.7 Å². The van der Waals surface area contributed by atoms with Gasteiger partial charge < -0.3 is 4.90 Å². The van der Waals surface area contributed by atoms with Crippen LogP contribution in [0.3, 0.4) is 0 Å². The monoisotopic (exact) mass is 393 g/mol. The summed E-state index contributed by atoms with van der Waals surface area (Å²) >= 11 is 0. The molecule has 1 aliphatic heterocycles. The molecule has 0 radical (unpaired) electrons. The Morgan fingerprint density at radius 2 is 1.71 bits per heavy atom. The molecular weight excluding hydrogens is 370 g/mol. The number of carbonyl (C=O) groups is 1. The van der Waals surface area contributed by atoms with Gasteiger partial charge in [-0.15, -0.1) is 0 Å². The average molecular weight is 394 g/mol. The van der Waals surface area contributed by atoms with Crippen molar-refractivity contribution in [3.05, 3.63) is 83.4 Å². The van der Waals surface area contributed by atoms with Crippen LogP contribution in [0.15, 0.2) is 66.7 Å². The smallest absolute Gasteiger partial charge is 0.254 e. The highest BCUT2D eigenvalue weighted by molar-refractivity contribution is 7.91. The molecule has 1 saturated heterocycles. The average Bonchev–Trinajstić information content (AvgIpc) is 3.05. The predicted molar refractivity (Wildman–Crippen MR) is 112 cm³/mol. The third-order valence-electron chi connectivity index (χ3n) is 5.43. The normalized spacial score (nSPS) is 18.2. The summed E-state index contributed by atoms with van der Waals surface area (Å²) < 4.78 is 24.2. The van der Waals surface area contributed by atoms with Gasteiger partial charge in [0.15, 0.2) is 9.84 Å². The van der Waals surface area contributed by atoms with Crippen LogP contribution in [0.4, 0.5) is 0 Å². The van der Waals surface area contributed by atoms with Crippen molar-refractivity contribution in [1.82, 2.24) is 4.90 Å². The van der Waals surface area contributed by atoms with E-state index in [4.69, 9.17) is 0 Å². The van der Waals surface area contributed by atoms with Gasteiger partial charge in [-0.05, 0) is 41.8 Å². The Balaban J connectivity index is 1.72. The van der Waals surface area contributed by atoms with Crippen molar-refractivity contribution < 1.29 is 13.2 Å². The molecule has 1 atom stereocenters. The van der Waals surface area contributed by atoms with E-state index in [0.29, 0.717) is 18.5 Å². The zero-order chi connectivity index (χ0) is 19.7. The predicted octanol–water partition coefficient (Wildman–Crippen LogP) is 3.98. The molecule has 4 rings (SSSR count). The van der Waals surface area contributed by atoms with Crippen LogP contribution in [0.1, 0.15) is 27.9 Å². The fourth-order valence-electron chi connectivity index (χ4n) is 3.86. The molecule has 0 N–H and O–H groups in total. The van der Waals surface area contributed by atoms with Crippen molar-refractivity contribution >= 4 is 26.5 Å². The number of benzene rings is 3. The third kappa shape index (κ3) is 3.80. The van der Waals surface area contributed by atoms with E-state index in [1.54, 1.807) is 4.90 Å². The number of hydrogen-bond donors (Lipinski definition) is 0. The summed E-state index contributed by atoms with van der Waals surface area (Å²) in [5.41, 5.74) is 2.71. The van der Waals surface area contributed by atoms with E-state index in [0.717, 1.165) is 21.9 Å². The molecule has 4 nitrogen and oxygen atoms in total. The zero-order valence-electron chi connectivity index (χ0n) is 15.8. The van der Waals surface area contributed by atoms with Gasteiger partial charge in [-0.2, -0.15) is 0 Å². The number of hydrogen-bond acceptors (Lipinski definition) is 3. The van der Waals surface area contributed by atoms with Crippen LogP contribution in [-0.4, -0.2) is 36.8 Å². The standard InChI is InChI=1S/C23H23NO3S/c1-17-9-11-19(12-10-17)23(25)24(21-13-14-28(26,27)16-21)15-20-7-4-6-18-5-2-3-8-22(18)20/h2-12,21H,13-16H2,1H3. The summed E-state index contributed by atoms with van der Waals surface area (Å²) in [5, 5.41) is 2.20. The molecule has 1 fully saturated rings. The van der Waals surface area contributed by atoms with Gasteiger partial charge in [0.1, 0.15) is 0 Å². The quantitative estimate of drug-likeness (QED) is 0.674. The summed E-state index contributed by atoms with van der Waals surface area (Å²) in [6.45, 7) is 2.37. The van der Waals surface area contributed by atoms with Crippen molar-refractivity contribution in [2.75, 3.05) is 11.5 Å². The number of sulfone groups is 1. The van der Waals surface area contributed by atoms with Crippen LogP contribution in [0.5, 0.6) is 0 Å². The molecule has 1 heterocycles. The molecule has 3 aromatic rings. The van der Waals surface area contributed by atoms with Crippen molar-refractivity contribution in [2.45, 2.75) is 25.9 Å². The molecule has 0 spiro atoms. The largest absolute Gasteiger partial charge is 0.330 e. The Hall–Kier alpha value is -2.66. The molecule has 3 aromatic carbocycles. The van der Waals surface area contributed by atoms with Gasteiger partial charge in [0, 0.05) is 18.2 Å². The van der Waals surface area contributed by atoms with Crippen LogP contribution in [0, 0.1) is 6.92 Å². The molecular formula is C23H23NO3S. The Labute approximate surface area is 165 Å². The second-order valence-electron chi connectivity index (χ2n) is 7.49. The molecule has 28 heavy (non-hydrogen) atoms. The first-order valence-corrected chi connectivity index (χ1v) is 11.3. The highest BCUT2D eigenvalue weighted by Crippen LogP contribution is 2.26. The lowest BCUT2D eigenvalue weighted by Gasteiger charge is -2.29. The maximum atomic E-state index is 13.3. The second-order valence-corrected chi connectivity index (χ2v) is 9.72. The molecule has 0 saturated carbocycles. The maximum Gasteiger partial charge on any atom is 0.254 e. The Morgan fingerprint density at radius 3 is 2.43 bits per heavy atom. The number of aryl methyl sites for hydroxylation is 1. The van der Waals surface area contributed by atoms with E-state index in [9.17, 15) is 13.2 Å². The van der Waals surface area contributed by atoms with Crippen LogP contribution in [0.25, 0.3) is 10.8 Å². The van der Waals surface area contributed by atoms with E-state index in [2.05, 4.69) is 0 Å². The van der Waals surface area contributed by atoms with Crippen LogP contribution in [-0.2, 0) is 16.4 Å². The Kier molecular flexibility index (Phi) is 4.94. The second kappa shape index (κ2) is 7.40. The molecule has 1 unspecified atom stereocenters. The van der Waals surface area contributed by atoms with Gasteiger partial charge >= 0.3 is 0 Å². The van der Waals surface area contributed by atoms with E-state index in [-0.39, 0.29) is 23.5 Å². The SMILES string of the molecule is Cc1ccc(C(=O)N(Cc2cccc3ccccc23)C2CCS(=O)(=O)C2)cc1. The molecule has 0 aromatic heterocycles. The van der Waals surface area contributed by atoms with Gasteiger partial charge in [-0.3, -0.25) is 4.79 Å². The fourth-order valence-corrected chi connectivity index (χ4v) is 5.59. The van der Waals surface area contributed by atoms with Crippen molar-refractivity contribution in [3.63, 3.8) is 0 Å². The van der Waals surface area contributed by atoms with E-state index in [1.165, 1.54) is 0 Å². The molecule has 1 aliphatic rings. The van der Waals surface area contributed by atoms with Crippen molar-refractivity contribution in [1.29, 1.82) is 0 Å². The number of amides is 1. The molecule has 0 aliphatic carbocycles. The Morgan fingerprint density at radius 1 is 1.00 bits per heavy atom. The highest BCUT2D eigenvalue weighted by atomic mass is 32.2. The number of rotatable bonds is 4. The lowest BCUT2D eigenvalue weighted by molar-refractivity contribution is 0.0682. The number of nitrogens with zero attached hydrogens (tertiary/aromatic N) is 1. The molecule has 5 heteroatoms. The lowest BCUT2D eigenvalue weighted by atomic mass is 10.0. The molecule has 1 amide bonds. The third-order valence-corrected chi connectivity index (χ3v) is 7.18. The lowest BCUT2D eigenvalue weighted by Crippen LogP contribution is -2.40. The first-order valence-electron chi connectivity index (χ1n) is 9.48. The summed E-state index contributed by atoms with van der Waals surface area (Å²) in [6.07, 6.45) is 0.491. The summed E-state index contributed by atoms with van der Waals surface area (Å²) in [4.78, 5) is 15.1. The van der Waals surface area contributed by atoms with Gasteiger partial charge in [0.25, 0.3) is 5.91 Å². The minimum absolute atomic E-state index is 0.0371. The van der Waals surface area contributed by atoms with Gasteiger partial charge in [0.05, 0.1) is 11.5 Å². The van der Waals surface area contributed by atoms with Crippen molar-refractivity contribution in [3.8, 4) is 0 Å². The summed E-state index contributed by atoms with van der Waals surface area (Å²) in [6, 6.07) is 21.3. The van der Waals surface area contributed by atoms with E-state index >= 15 is 0 Å². The topological polar surface area (TPSA) is 54.5 Å². The maximum absolute atomic E-state index is 13.3. The zero-order valence-corrected chi connectivity index (χ0v) is 16.7. The van der Waals surface area contributed by atoms with Gasteiger partial charge in [0.2, 0.25) is 0 Å². The van der Waals surface area contributed by atoms with Crippen molar-refractivity contribution in [2.24, 2.45) is 0 Å². The Bertz CT molecular complexity index is 1110. The first kappa shape index (κ1) is 18.7. The minimum atomic E-state index is -3.09. The highest BCUT2D eigenvalue weighted by Gasteiger charge is 2.35. The van der Waals surface area contributed by atoms with Crippen LogP contribution < -0.4 is 0 Å². The number of carbonyl (C=O) groups excluding carboxylic acids is 1. The molecule has 144 valence electrons. The molecule has 0 bridgehead atoms. The van der Waals surface area contributed by atoms with Crippen LogP contribution >= 0.6 is 0 Å². The van der Waals surface area contributed by atoms with Crippen LogP contribution in [0.2, 0.25) is 0 Å². The van der Waals surface area contributed by atoms with Gasteiger partial charge in [-0.25, -0.2) is 8.42 Å². The van der Waals surface area contributed by atoms with Gasteiger partial charge in [-0.1, -0.05) is 60.2 Å². The number of fused-ring (bicyclic) bond motifs is 1. The summed E-state index contributed by atoms with van der Waals surface area (Å²) in [5.74, 6) is 0.0651. The van der Waals surface area contributed by atoms with E-state index < -0.39 is 9.84 Å². The minimum Gasteiger partial charge on any atom is -0.330 e. The first-order chi connectivity index (χ1) is 13.4. The fraction of sp³-hybridized carbons (Fsp3) is 0.261. The summed E-state index contributed by atoms with van der Waals surface area (Å²) in [7, 11) is -3.09.